The monoisotopic (exact) mass is 283 g/mol. The van der Waals surface area contributed by atoms with Crippen molar-refractivity contribution in [1.82, 2.24) is 9.88 Å². The fourth-order valence-electron chi connectivity index (χ4n) is 2.26. The molecule has 0 radical (unpaired) electrons. The summed E-state index contributed by atoms with van der Waals surface area (Å²) in [4.78, 5) is 29.1. The lowest BCUT2D eigenvalue weighted by Crippen LogP contribution is -2.50. The van der Waals surface area contributed by atoms with Gasteiger partial charge in [-0.1, -0.05) is 0 Å². The summed E-state index contributed by atoms with van der Waals surface area (Å²) >= 11 is 1.36. The first-order valence-electron chi connectivity index (χ1n) is 6.12. The largest absolute Gasteiger partial charge is 0.480 e. The first-order valence-corrected chi connectivity index (χ1v) is 7.00. The van der Waals surface area contributed by atoms with Gasteiger partial charge in [0.15, 0.2) is 5.13 Å². The Morgan fingerprint density at radius 2 is 2.37 bits per heavy atom. The normalized spacial score (nSPS) is 23.5. The number of nitrogens with one attached hydrogen (secondary N) is 1. The Bertz CT molecular complexity index is 502. The summed E-state index contributed by atoms with van der Waals surface area (Å²) in [7, 11) is 0. The summed E-state index contributed by atoms with van der Waals surface area (Å²) < 4.78 is 0. The molecule has 1 atom stereocenters. The molecule has 1 fully saturated rings. The van der Waals surface area contributed by atoms with E-state index in [1.54, 1.807) is 11.8 Å². The van der Waals surface area contributed by atoms with Crippen LogP contribution in [0.4, 0.5) is 5.13 Å². The van der Waals surface area contributed by atoms with Gasteiger partial charge in [-0.25, -0.2) is 4.98 Å². The Morgan fingerprint density at radius 3 is 2.95 bits per heavy atom. The number of carbonyl (C=O) groups excluding carboxylic acids is 1. The molecule has 1 unspecified atom stereocenters. The molecule has 0 spiro atoms. The van der Waals surface area contributed by atoms with Gasteiger partial charge in [-0.3, -0.25) is 14.5 Å². The molecule has 1 amide bonds. The highest BCUT2D eigenvalue weighted by atomic mass is 32.1. The summed E-state index contributed by atoms with van der Waals surface area (Å²) in [6, 6.07) is 0. The number of carbonyl (C=O) groups is 2. The molecule has 104 valence electrons. The van der Waals surface area contributed by atoms with E-state index in [2.05, 4.69) is 10.3 Å². The van der Waals surface area contributed by atoms with Crippen molar-refractivity contribution in [1.29, 1.82) is 0 Å². The molecule has 7 heteroatoms. The second-order valence-electron chi connectivity index (χ2n) is 4.95. The van der Waals surface area contributed by atoms with Crippen LogP contribution in [0, 0.1) is 6.92 Å². The number of hydrogen-bond donors (Lipinski definition) is 2. The topological polar surface area (TPSA) is 82.5 Å². The molecule has 1 aliphatic rings. The predicted molar refractivity (Wildman–Crippen MR) is 72.3 cm³/mol. The van der Waals surface area contributed by atoms with Gasteiger partial charge in [-0.2, -0.15) is 0 Å². The molecular weight excluding hydrogens is 266 g/mol. The number of amides is 1. The highest BCUT2D eigenvalue weighted by molar-refractivity contribution is 7.13. The predicted octanol–water partition coefficient (Wildman–Crippen LogP) is 1.33. The molecular formula is C12H17N3O3S. The maximum atomic E-state index is 11.9. The molecule has 0 aliphatic carbocycles. The van der Waals surface area contributed by atoms with Crippen LogP contribution < -0.4 is 5.32 Å². The first-order chi connectivity index (χ1) is 8.91. The number of carboxylic acids is 1. The van der Waals surface area contributed by atoms with Gasteiger partial charge < -0.3 is 10.4 Å². The van der Waals surface area contributed by atoms with Gasteiger partial charge in [0.25, 0.3) is 0 Å². The number of anilines is 1. The van der Waals surface area contributed by atoms with E-state index in [1.807, 2.05) is 12.3 Å². The van der Waals surface area contributed by atoms with Gasteiger partial charge in [0.2, 0.25) is 5.91 Å². The Balaban J connectivity index is 1.97. The van der Waals surface area contributed by atoms with Crippen LogP contribution in [-0.2, 0) is 9.59 Å². The third-order valence-electron chi connectivity index (χ3n) is 3.45. The molecule has 1 aromatic rings. The van der Waals surface area contributed by atoms with Crippen LogP contribution >= 0.6 is 11.3 Å². The van der Waals surface area contributed by atoms with Crippen LogP contribution in [0.5, 0.6) is 0 Å². The second kappa shape index (κ2) is 5.26. The fourth-order valence-corrected chi connectivity index (χ4v) is 2.96. The van der Waals surface area contributed by atoms with Crippen molar-refractivity contribution in [2.24, 2.45) is 0 Å². The number of thiazole rings is 1. The molecule has 2 heterocycles. The van der Waals surface area contributed by atoms with E-state index in [9.17, 15) is 14.7 Å². The minimum Gasteiger partial charge on any atom is -0.480 e. The summed E-state index contributed by atoms with van der Waals surface area (Å²) in [5, 5.41) is 14.4. The summed E-state index contributed by atoms with van der Waals surface area (Å²) in [6.45, 7) is 4.24. The fraction of sp³-hybridized carbons (Fsp3) is 0.583. The van der Waals surface area contributed by atoms with E-state index in [0.717, 1.165) is 12.1 Å². The van der Waals surface area contributed by atoms with E-state index >= 15 is 0 Å². The van der Waals surface area contributed by atoms with Gasteiger partial charge >= 0.3 is 5.97 Å². The zero-order valence-corrected chi connectivity index (χ0v) is 11.8. The van der Waals surface area contributed by atoms with Gasteiger partial charge in [-0.15, -0.1) is 11.3 Å². The zero-order valence-electron chi connectivity index (χ0n) is 11.0. The van der Waals surface area contributed by atoms with Gasteiger partial charge in [0, 0.05) is 5.38 Å². The molecule has 1 saturated heterocycles. The van der Waals surface area contributed by atoms with Crippen LogP contribution in [0.3, 0.4) is 0 Å². The van der Waals surface area contributed by atoms with Crippen molar-refractivity contribution in [2.45, 2.75) is 32.2 Å². The molecule has 0 saturated carbocycles. The third kappa shape index (κ3) is 2.93. The lowest BCUT2D eigenvalue weighted by atomic mass is 9.99. The van der Waals surface area contributed by atoms with Crippen LogP contribution in [0.25, 0.3) is 0 Å². The van der Waals surface area contributed by atoms with Crippen molar-refractivity contribution in [3.05, 3.63) is 11.1 Å². The molecule has 0 aromatic carbocycles. The van der Waals surface area contributed by atoms with E-state index in [0.29, 0.717) is 18.1 Å². The minimum absolute atomic E-state index is 0.0847. The third-order valence-corrected chi connectivity index (χ3v) is 4.33. The number of carboxylic acid groups (broad SMARTS) is 1. The molecule has 6 nitrogen and oxygen atoms in total. The summed E-state index contributed by atoms with van der Waals surface area (Å²) in [5.74, 6) is -1.09. The Labute approximate surface area is 115 Å². The maximum absolute atomic E-state index is 11.9. The highest BCUT2D eigenvalue weighted by Crippen LogP contribution is 2.28. The lowest BCUT2D eigenvalue weighted by Gasteiger charge is -2.30. The van der Waals surface area contributed by atoms with Crippen molar-refractivity contribution in [3.63, 3.8) is 0 Å². The standard InChI is InChI=1S/C12H17N3O3S/c1-8-7-19-11(13-8)14-9(16)6-15-5-3-4-12(15,2)10(17)18/h7H,3-6H2,1-2H3,(H,17,18)(H,13,14,16). The van der Waals surface area contributed by atoms with E-state index in [-0.39, 0.29) is 12.5 Å². The van der Waals surface area contributed by atoms with Crippen LogP contribution in [0.1, 0.15) is 25.5 Å². The summed E-state index contributed by atoms with van der Waals surface area (Å²) in [6.07, 6.45) is 1.37. The molecule has 2 rings (SSSR count). The number of hydrogen-bond acceptors (Lipinski definition) is 5. The quantitative estimate of drug-likeness (QED) is 0.871. The van der Waals surface area contributed by atoms with E-state index in [4.69, 9.17) is 0 Å². The number of aromatic nitrogens is 1. The molecule has 1 aromatic heterocycles. The maximum Gasteiger partial charge on any atom is 0.323 e. The average Bonchev–Trinajstić information content (AvgIpc) is 2.87. The SMILES string of the molecule is Cc1csc(NC(=O)CN2CCCC2(C)C(=O)O)n1. The highest BCUT2D eigenvalue weighted by Gasteiger charge is 2.43. The Kier molecular flexibility index (Phi) is 3.86. The Morgan fingerprint density at radius 1 is 1.63 bits per heavy atom. The first kappa shape index (κ1) is 14.0. The zero-order chi connectivity index (χ0) is 14.0. The van der Waals surface area contributed by atoms with Crippen LogP contribution in [-0.4, -0.2) is 45.5 Å². The van der Waals surface area contributed by atoms with Gasteiger partial charge in [0.05, 0.1) is 12.2 Å². The van der Waals surface area contributed by atoms with Crippen molar-refractivity contribution < 1.29 is 14.7 Å². The number of likely N-dealkylation sites (tertiary alicyclic amines) is 1. The molecule has 1 aliphatic heterocycles. The van der Waals surface area contributed by atoms with Crippen LogP contribution in [0.15, 0.2) is 5.38 Å². The van der Waals surface area contributed by atoms with Crippen molar-refractivity contribution >= 4 is 28.3 Å². The van der Waals surface area contributed by atoms with Gasteiger partial charge in [0.1, 0.15) is 5.54 Å². The smallest absolute Gasteiger partial charge is 0.323 e. The van der Waals surface area contributed by atoms with Crippen molar-refractivity contribution in [3.8, 4) is 0 Å². The number of aryl methyl sites for hydroxylation is 1. The Hall–Kier alpha value is -1.47. The molecule has 19 heavy (non-hydrogen) atoms. The number of aliphatic carboxylic acids is 1. The van der Waals surface area contributed by atoms with E-state index < -0.39 is 11.5 Å². The molecule has 2 N–H and O–H groups in total. The molecule has 0 bridgehead atoms. The number of nitrogens with zero attached hydrogens (tertiary/aromatic N) is 2. The lowest BCUT2D eigenvalue weighted by molar-refractivity contribution is -0.149. The second-order valence-corrected chi connectivity index (χ2v) is 5.80. The van der Waals surface area contributed by atoms with Gasteiger partial charge in [-0.05, 0) is 33.2 Å². The summed E-state index contributed by atoms with van der Waals surface area (Å²) in [5.41, 5.74) is -0.0762. The number of rotatable bonds is 4. The minimum atomic E-state index is -0.934. The van der Waals surface area contributed by atoms with Crippen molar-refractivity contribution in [2.75, 3.05) is 18.4 Å². The van der Waals surface area contributed by atoms with Crippen LogP contribution in [0.2, 0.25) is 0 Å². The van der Waals surface area contributed by atoms with E-state index in [1.165, 1.54) is 11.3 Å². The average molecular weight is 283 g/mol.